The van der Waals surface area contributed by atoms with Crippen molar-refractivity contribution < 1.29 is 9.53 Å². The number of carbonyl (C=O) groups is 1. The number of halogens is 1. The summed E-state index contributed by atoms with van der Waals surface area (Å²) in [5.74, 6) is 0.783. The predicted molar refractivity (Wildman–Crippen MR) is 85.7 cm³/mol. The summed E-state index contributed by atoms with van der Waals surface area (Å²) >= 11 is 5.99. The van der Waals surface area contributed by atoms with Gasteiger partial charge in [-0.1, -0.05) is 11.6 Å². The fraction of sp³-hybridized carbons (Fsp3) is 0.500. The molecule has 1 aromatic carbocycles. The first-order chi connectivity index (χ1) is 10.6. The Kier molecular flexibility index (Phi) is 4.36. The van der Waals surface area contributed by atoms with Gasteiger partial charge in [-0.25, -0.2) is 4.98 Å². The topological polar surface area (TPSA) is 56.1 Å². The highest BCUT2D eigenvalue weighted by atomic mass is 35.5. The van der Waals surface area contributed by atoms with Crippen molar-refractivity contribution in [2.24, 2.45) is 13.0 Å². The van der Waals surface area contributed by atoms with E-state index in [0.29, 0.717) is 11.6 Å². The second-order valence-electron chi connectivity index (χ2n) is 5.76. The van der Waals surface area contributed by atoms with Crippen LogP contribution in [0.1, 0.15) is 25.6 Å². The van der Waals surface area contributed by atoms with Gasteiger partial charge in [-0.3, -0.25) is 4.79 Å². The molecular formula is C16H20ClN3O2. The highest BCUT2D eigenvalue weighted by Gasteiger charge is 2.28. The molecular weight excluding hydrogens is 302 g/mol. The van der Waals surface area contributed by atoms with Crippen LogP contribution in [0.2, 0.25) is 5.02 Å². The van der Waals surface area contributed by atoms with E-state index in [-0.39, 0.29) is 17.9 Å². The average Bonchev–Trinajstić information content (AvgIpc) is 2.81. The van der Waals surface area contributed by atoms with Crippen LogP contribution in [0.15, 0.2) is 18.2 Å². The van der Waals surface area contributed by atoms with Crippen LogP contribution in [-0.2, 0) is 23.1 Å². The number of rotatable bonds is 3. The van der Waals surface area contributed by atoms with E-state index in [2.05, 4.69) is 10.3 Å². The molecule has 1 N–H and O–H groups in total. The number of ether oxygens (including phenoxy) is 1. The second kappa shape index (κ2) is 6.26. The Labute approximate surface area is 134 Å². The molecule has 1 aliphatic heterocycles. The van der Waals surface area contributed by atoms with E-state index >= 15 is 0 Å². The molecule has 1 amide bonds. The molecule has 0 radical (unpaired) electrons. The fourth-order valence-corrected chi connectivity index (χ4v) is 3.11. The van der Waals surface area contributed by atoms with Gasteiger partial charge in [-0.15, -0.1) is 0 Å². The minimum absolute atomic E-state index is 0.0204. The first kappa shape index (κ1) is 15.3. The van der Waals surface area contributed by atoms with E-state index in [1.165, 1.54) is 0 Å². The zero-order valence-electron chi connectivity index (χ0n) is 12.8. The van der Waals surface area contributed by atoms with E-state index < -0.39 is 0 Å². The number of benzene rings is 1. The first-order valence-electron chi connectivity index (χ1n) is 7.56. The fourth-order valence-electron chi connectivity index (χ4n) is 2.95. The molecule has 2 atom stereocenters. The van der Waals surface area contributed by atoms with E-state index in [1.807, 2.05) is 36.7 Å². The van der Waals surface area contributed by atoms with E-state index in [1.54, 1.807) is 0 Å². The lowest BCUT2D eigenvalue weighted by atomic mass is 9.94. The predicted octanol–water partition coefficient (Wildman–Crippen LogP) is 2.66. The van der Waals surface area contributed by atoms with E-state index in [4.69, 9.17) is 16.3 Å². The van der Waals surface area contributed by atoms with Gasteiger partial charge in [-0.05, 0) is 38.0 Å². The number of amides is 1. The number of fused-ring (bicyclic) bond motifs is 1. The van der Waals surface area contributed by atoms with Crippen molar-refractivity contribution >= 4 is 28.5 Å². The second-order valence-corrected chi connectivity index (χ2v) is 6.20. The zero-order chi connectivity index (χ0) is 15.7. The van der Waals surface area contributed by atoms with Gasteiger partial charge in [0.15, 0.2) is 0 Å². The van der Waals surface area contributed by atoms with E-state index in [0.717, 1.165) is 36.3 Å². The lowest BCUT2D eigenvalue weighted by Gasteiger charge is -2.27. The molecule has 1 saturated heterocycles. The number of imidazole rings is 1. The Morgan fingerprint density at radius 1 is 1.55 bits per heavy atom. The third-order valence-electron chi connectivity index (χ3n) is 4.30. The van der Waals surface area contributed by atoms with Gasteiger partial charge < -0.3 is 14.6 Å². The number of carbonyl (C=O) groups excluding carboxylic acids is 1. The van der Waals surface area contributed by atoms with Crippen molar-refractivity contribution in [3.05, 3.63) is 29.0 Å². The molecule has 1 fully saturated rings. The Morgan fingerprint density at radius 3 is 3.14 bits per heavy atom. The number of nitrogens with one attached hydrogen (secondary N) is 1. The number of hydrogen-bond donors (Lipinski definition) is 1. The molecule has 0 saturated carbocycles. The largest absolute Gasteiger partial charge is 0.378 e. The molecule has 0 aliphatic carbocycles. The van der Waals surface area contributed by atoms with E-state index in [9.17, 15) is 4.79 Å². The van der Waals surface area contributed by atoms with Gasteiger partial charge in [0.05, 0.1) is 29.6 Å². The number of nitrogens with zero attached hydrogens (tertiary/aromatic N) is 2. The molecule has 6 heteroatoms. The highest BCUT2D eigenvalue weighted by molar-refractivity contribution is 6.31. The minimum atomic E-state index is -0.0714. The van der Waals surface area contributed by atoms with Gasteiger partial charge >= 0.3 is 0 Å². The molecule has 118 valence electrons. The summed E-state index contributed by atoms with van der Waals surface area (Å²) in [4.78, 5) is 16.9. The zero-order valence-corrected chi connectivity index (χ0v) is 13.6. The number of hydrogen-bond acceptors (Lipinski definition) is 3. The van der Waals surface area contributed by atoms with Crippen LogP contribution >= 0.6 is 11.6 Å². The summed E-state index contributed by atoms with van der Waals surface area (Å²) in [6, 6.07) is 5.61. The molecule has 2 aromatic rings. The molecule has 22 heavy (non-hydrogen) atoms. The summed E-state index contributed by atoms with van der Waals surface area (Å²) in [7, 11) is 1.94. The van der Waals surface area contributed by atoms with Crippen LogP contribution in [0.4, 0.5) is 0 Å². The smallest absolute Gasteiger partial charge is 0.226 e. The van der Waals surface area contributed by atoms with Crippen LogP contribution in [-0.4, -0.2) is 28.2 Å². The molecule has 1 aliphatic rings. The number of aromatic nitrogens is 2. The first-order valence-corrected chi connectivity index (χ1v) is 7.94. The summed E-state index contributed by atoms with van der Waals surface area (Å²) in [6.45, 7) is 3.11. The van der Waals surface area contributed by atoms with Crippen molar-refractivity contribution in [2.45, 2.75) is 32.4 Å². The Hall–Kier alpha value is -1.59. The van der Waals surface area contributed by atoms with Crippen molar-refractivity contribution in [1.29, 1.82) is 0 Å². The van der Waals surface area contributed by atoms with Gasteiger partial charge in [0, 0.05) is 18.7 Å². The normalized spacial score (nSPS) is 22.0. The van der Waals surface area contributed by atoms with Gasteiger partial charge in [0.1, 0.15) is 5.82 Å². The third kappa shape index (κ3) is 2.96. The average molecular weight is 322 g/mol. The van der Waals surface area contributed by atoms with Crippen molar-refractivity contribution in [1.82, 2.24) is 14.9 Å². The molecule has 3 rings (SSSR count). The summed E-state index contributed by atoms with van der Waals surface area (Å²) in [5.41, 5.74) is 1.84. The van der Waals surface area contributed by atoms with Crippen LogP contribution in [0.3, 0.4) is 0 Å². The maximum atomic E-state index is 12.3. The summed E-state index contributed by atoms with van der Waals surface area (Å²) in [5, 5.41) is 3.64. The number of aryl methyl sites for hydroxylation is 1. The Morgan fingerprint density at radius 2 is 2.36 bits per heavy atom. The van der Waals surface area contributed by atoms with Crippen LogP contribution in [0, 0.1) is 5.92 Å². The van der Waals surface area contributed by atoms with Gasteiger partial charge in [0.25, 0.3) is 0 Å². The standard InChI is InChI=1S/C16H20ClN3O2/c1-10-12(4-3-7-22-10)16(21)18-9-15-19-13-8-11(17)5-6-14(13)20(15)2/h5-6,8,10,12H,3-4,7,9H2,1-2H3,(H,18,21). The lowest BCUT2D eigenvalue weighted by Crippen LogP contribution is -2.40. The summed E-state index contributed by atoms with van der Waals surface area (Å²) < 4.78 is 7.53. The van der Waals surface area contributed by atoms with Crippen molar-refractivity contribution in [3.8, 4) is 0 Å². The molecule has 0 bridgehead atoms. The van der Waals surface area contributed by atoms with Gasteiger partial charge in [-0.2, -0.15) is 0 Å². The lowest BCUT2D eigenvalue weighted by molar-refractivity contribution is -0.133. The van der Waals surface area contributed by atoms with Crippen LogP contribution < -0.4 is 5.32 Å². The van der Waals surface area contributed by atoms with Crippen molar-refractivity contribution in [2.75, 3.05) is 6.61 Å². The molecule has 2 unspecified atom stereocenters. The maximum absolute atomic E-state index is 12.3. The van der Waals surface area contributed by atoms with Gasteiger partial charge in [0.2, 0.25) is 5.91 Å². The maximum Gasteiger partial charge on any atom is 0.226 e. The van der Waals surface area contributed by atoms with Crippen LogP contribution in [0.5, 0.6) is 0 Å². The highest BCUT2D eigenvalue weighted by Crippen LogP contribution is 2.22. The van der Waals surface area contributed by atoms with Crippen molar-refractivity contribution in [3.63, 3.8) is 0 Å². The molecule has 0 spiro atoms. The Balaban J connectivity index is 1.71. The third-order valence-corrected chi connectivity index (χ3v) is 4.53. The monoisotopic (exact) mass is 321 g/mol. The molecule has 5 nitrogen and oxygen atoms in total. The molecule has 2 heterocycles. The Bertz CT molecular complexity index is 698. The van der Waals surface area contributed by atoms with Crippen LogP contribution in [0.25, 0.3) is 11.0 Å². The SMILES string of the molecule is CC1OCCCC1C(=O)NCc1nc2cc(Cl)ccc2n1C. The molecule has 1 aromatic heterocycles. The minimum Gasteiger partial charge on any atom is -0.378 e. The summed E-state index contributed by atoms with van der Waals surface area (Å²) in [6.07, 6.45) is 1.80. The quantitative estimate of drug-likeness (QED) is 0.945.